The molecular weight excluding hydrogens is 1040 g/mol. The first-order chi connectivity index (χ1) is 38.2. The number of carbonyl (C=O) groups excluding carboxylic acids is 3. The molecule has 22 heteroatoms. The maximum absolute atomic E-state index is 13.8. The zero-order valence-electron chi connectivity index (χ0n) is 46.6. The summed E-state index contributed by atoms with van der Waals surface area (Å²) in [6.45, 7) is 14.2. The highest BCUT2D eigenvalue weighted by Gasteiger charge is 2.39. The number of aromatic nitrogens is 1. The monoisotopic (exact) mass is 1120 g/mol. The van der Waals surface area contributed by atoms with Gasteiger partial charge in [0, 0.05) is 93.3 Å². The maximum Gasteiger partial charge on any atom is 0.305 e. The van der Waals surface area contributed by atoms with Crippen molar-refractivity contribution in [3.05, 3.63) is 87.6 Å². The van der Waals surface area contributed by atoms with E-state index in [4.69, 9.17) is 62.7 Å². The van der Waals surface area contributed by atoms with E-state index in [1.807, 2.05) is 55.3 Å². The Morgan fingerprint density at radius 1 is 0.785 bits per heavy atom. The number of aliphatic imine (C=N–C) groups is 2. The van der Waals surface area contributed by atoms with Crippen LogP contribution in [-0.4, -0.2) is 203 Å². The highest BCUT2D eigenvalue weighted by Crippen LogP contribution is 2.40. The summed E-state index contributed by atoms with van der Waals surface area (Å²) in [7, 11) is 5.15. The molecule has 7 rings (SSSR count). The quantitative estimate of drug-likeness (QED) is 0.0658. The van der Waals surface area contributed by atoms with Crippen LogP contribution in [0.5, 0.6) is 17.2 Å². The van der Waals surface area contributed by atoms with E-state index < -0.39 is 12.1 Å². The van der Waals surface area contributed by atoms with Crippen LogP contribution in [0.2, 0.25) is 0 Å². The number of benzene rings is 1. The van der Waals surface area contributed by atoms with Crippen molar-refractivity contribution in [2.24, 2.45) is 9.98 Å². The van der Waals surface area contributed by atoms with Crippen LogP contribution in [0, 0.1) is 0 Å². The van der Waals surface area contributed by atoms with Crippen molar-refractivity contribution in [3.63, 3.8) is 0 Å². The molecule has 1 aliphatic carbocycles. The average molecular weight is 1120 g/mol. The topological polar surface area (TPSA) is 231 Å². The van der Waals surface area contributed by atoms with Crippen LogP contribution in [0.15, 0.2) is 80.7 Å². The molecule has 1 aromatic heterocycles. The van der Waals surface area contributed by atoms with Gasteiger partial charge in [-0.25, -0.2) is 0 Å². The van der Waals surface area contributed by atoms with Gasteiger partial charge in [-0.3, -0.25) is 34.1 Å². The van der Waals surface area contributed by atoms with Gasteiger partial charge < -0.3 is 67.8 Å². The highest BCUT2D eigenvalue weighted by molar-refractivity contribution is 8.01. The zero-order valence-corrected chi connectivity index (χ0v) is 47.4. The number of allylic oxidation sites excluding steroid dienone is 3. The predicted molar refractivity (Wildman–Crippen MR) is 299 cm³/mol. The minimum Gasteiger partial charge on any atom is -0.493 e. The smallest absolute Gasteiger partial charge is 0.305 e. The number of hydrogen-bond acceptors (Lipinski definition) is 18. The molecule has 1 aromatic carbocycles. The van der Waals surface area contributed by atoms with Crippen LogP contribution >= 0.6 is 11.8 Å². The number of pyridine rings is 1. The van der Waals surface area contributed by atoms with Gasteiger partial charge in [-0.15, -0.1) is 11.8 Å². The molecule has 1 unspecified atom stereocenters. The van der Waals surface area contributed by atoms with E-state index in [1.54, 1.807) is 37.1 Å². The van der Waals surface area contributed by atoms with Gasteiger partial charge in [0.1, 0.15) is 37.4 Å². The molecule has 0 saturated carbocycles. The van der Waals surface area contributed by atoms with Gasteiger partial charge in [0.2, 0.25) is 5.91 Å². The van der Waals surface area contributed by atoms with E-state index in [0.29, 0.717) is 155 Å². The van der Waals surface area contributed by atoms with Crippen LogP contribution in [-0.2, 0) is 56.0 Å². The van der Waals surface area contributed by atoms with Crippen molar-refractivity contribution >= 4 is 53.6 Å². The molecule has 79 heavy (non-hydrogen) atoms. The number of nitrogens with zero attached hydrogens (tertiary/aromatic N) is 6. The number of carbonyl (C=O) groups is 4. The first-order valence-corrected chi connectivity index (χ1v) is 27.8. The normalized spacial score (nSPS) is 19.8. The molecule has 5 aliphatic rings. The standard InChI is InChI=1S/C57H77N7O14S/c1-8-38-22-42-30-59-47-28-51(49(70-6)26-45(47)55(68)63(42)32-38)77-34-40-24-44(25-41(61-40)35-78-52-29-48-46(27-50(52)71-7)56(69)64-33-39(9-2)23-43(64)31-60-48)76-15-12-62(5)37-57(3,4)79-36-53(65)58-11-14-73-17-19-75-21-20-74-18-16-72-13-10-54(66)67/h8-9,24-26,28-31,42-43,50H,10-23,27,32-37H2,1-7H3,(H,58,65)(H,66,67)/b38-8+,39-9+/t42-,43-,50?/m0/s1. The highest BCUT2D eigenvalue weighted by atomic mass is 32.2. The Labute approximate surface area is 467 Å². The van der Waals surface area contributed by atoms with Crippen molar-refractivity contribution in [2.75, 3.05) is 119 Å². The molecule has 2 fully saturated rings. The minimum atomic E-state index is -0.896. The summed E-state index contributed by atoms with van der Waals surface area (Å²) in [6, 6.07) is 6.85. The number of amides is 3. The molecule has 430 valence electrons. The third kappa shape index (κ3) is 17.7. The summed E-state index contributed by atoms with van der Waals surface area (Å²) in [5.74, 6) is 1.04. The summed E-state index contributed by atoms with van der Waals surface area (Å²) in [5.41, 5.74) is 5.63. The van der Waals surface area contributed by atoms with Crippen molar-refractivity contribution in [1.82, 2.24) is 25.0 Å². The third-order valence-corrected chi connectivity index (χ3v) is 15.1. The van der Waals surface area contributed by atoms with Crippen LogP contribution in [0.3, 0.4) is 0 Å². The number of fused-ring (bicyclic) bond motifs is 3. The molecule has 4 aliphatic heterocycles. The third-order valence-electron chi connectivity index (χ3n) is 13.7. The number of carboxylic acid groups (broad SMARTS) is 1. The fourth-order valence-corrected chi connectivity index (χ4v) is 10.5. The van der Waals surface area contributed by atoms with Gasteiger partial charge in [-0.05, 0) is 53.7 Å². The van der Waals surface area contributed by atoms with E-state index in [0.717, 1.165) is 12.8 Å². The van der Waals surface area contributed by atoms with Gasteiger partial charge in [0.15, 0.2) is 11.5 Å². The molecule has 2 N–H and O–H groups in total. The summed E-state index contributed by atoms with van der Waals surface area (Å²) in [4.78, 5) is 71.1. The first-order valence-electron chi connectivity index (χ1n) is 26.9. The lowest BCUT2D eigenvalue weighted by molar-refractivity contribution is -0.138. The number of ether oxygens (including phenoxy) is 9. The largest absolute Gasteiger partial charge is 0.493 e. The fourth-order valence-electron chi connectivity index (χ4n) is 9.55. The Hall–Kier alpha value is -6.14. The summed E-state index contributed by atoms with van der Waals surface area (Å²) < 4.78 is 52.3. The SMILES string of the molecule is C/C=C1\C[C@H]2C=NC3=C(CC(OC)C(OCc4cc(OCCN(C)CC(C)(C)SCC(=O)NCCOCCOCCOCCOCCC(=O)O)cc(COc5cc6c(cc5OC)C(=O)N5C/C(=C/C)C[C@H]5C=N6)n4)=C3)C(=O)N2C1. The number of hydrogen-bond donors (Lipinski definition) is 2. The van der Waals surface area contributed by atoms with Crippen LogP contribution in [0.25, 0.3) is 0 Å². The van der Waals surface area contributed by atoms with E-state index in [-0.39, 0.29) is 60.8 Å². The first kappa shape index (κ1) is 60.5. The van der Waals surface area contributed by atoms with E-state index in [9.17, 15) is 19.2 Å². The number of likely N-dealkylation sites (N-methyl/N-ethyl adjacent to an activating group) is 1. The minimum absolute atomic E-state index is 0.0240. The lowest BCUT2D eigenvalue weighted by Crippen LogP contribution is -2.38. The summed E-state index contributed by atoms with van der Waals surface area (Å²) >= 11 is 1.57. The van der Waals surface area contributed by atoms with Gasteiger partial charge in [-0.2, -0.15) is 0 Å². The van der Waals surface area contributed by atoms with Gasteiger partial charge >= 0.3 is 5.97 Å². The number of rotatable bonds is 32. The van der Waals surface area contributed by atoms with Crippen LogP contribution in [0.1, 0.15) is 75.1 Å². The Morgan fingerprint density at radius 2 is 1.41 bits per heavy atom. The second-order valence-corrected chi connectivity index (χ2v) is 21.8. The molecule has 5 heterocycles. The second-order valence-electron chi connectivity index (χ2n) is 20.2. The summed E-state index contributed by atoms with van der Waals surface area (Å²) in [5, 5.41) is 11.5. The fraction of sp³-hybridized carbons (Fsp3) is 0.561. The van der Waals surface area contributed by atoms with Crippen molar-refractivity contribution in [1.29, 1.82) is 0 Å². The van der Waals surface area contributed by atoms with Gasteiger partial charge in [0.05, 0.1) is 113 Å². The summed E-state index contributed by atoms with van der Waals surface area (Å²) in [6.07, 6.45) is 10.9. The molecule has 0 spiro atoms. The molecule has 2 saturated heterocycles. The van der Waals surface area contributed by atoms with Gasteiger partial charge in [0.25, 0.3) is 11.8 Å². The number of aliphatic carboxylic acids is 1. The second kappa shape index (κ2) is 29.9. The number of thioether (sulfide) groups is 1. The average Bonchev–Trinajstić information content (AvgIpc) is 4.08. The van der Waals surface area contributed by atoms with E-state index in [2.05, 4.69) is 36.2 Å². The number of nitrogens with one attached hydrogen (secondary N) is 1. The zero-order chi connectivity index (χ0) is 56.3. The predicted octanol–water partition coefficient (Wildman–Crippen LogP) is 5.73. The molecule has 2 aromatic rings. The Balaban J connectivity index is 0.919. The van der Waals surface area contributed by atoms with E-state index >= 15 is 0 Å². The Kier molecular flexibility index (Phi) is 22.9. The molecule has 0 bridgehead atoms. The molecule has 0 radical (unpaired) electrons. The van der Waals surface area contributed by atoms with Crippen LogP contribution < -0.4 is 19.5 Å². The molecular formula is C57H77N7O14S. The van der Waals surface area contributed by atoms with Crippen molar-refractivity contribution in [3.8, 4) is 17.2 Å². The Bertz CT molecular complexity index is 2650. The molecule has 3 amide bonds. The molecule has 21 nitrogen and oxygen atoms in total. The molecule has 3 atom stereocenters. The maximum atomic E-state index is 13.8. The van der Waals surface area contributed by atoms with Crippen molar-refractivity contribution < 1.29 is 66.9 Å². The van der Waals surface area contributed by atoms with E-state index in [1.165, 1.54) is 18.3 Å². The lowest BCUT2D eigenvalue weighted by Gasteiger charge is -2.29. The Morgan fingerprint density at radius 3 is 2.04 bits per heavy atom. The lowest BCUT2D eigenvalue weighted by atomic mass is 9.97. The van der Waals surface area contributed by atoms with Crippen LogP contribution in [0.4, 0.5) is 5.69 Å². The van der Waals surface area contributed by atoms with Crippen molar-refractivity contribution in [2.45, 2.75) is 89.5 Å². The van der Waals surface area contributed by atoms with Gasteiger partial charge in [-0.1, -0.05) is 23.3 Å². The number of carboxylic acids is 1. The number of methoxy groups -OCH3 is 2.